The summed E-state index contributed by atoms with van der Waals surface area (Å²) in [5.41, 5.74) is 4.54. The molecule has 5 aromatic rings. The molecule has 0 radical (unpaired) electrons. The molecular formula is C28H29N7O2. The Hall–Kier alpha value is -4.24. The number of imidazole rings is 1. The van der Waals surface area contributed by atoms with Gasteiger partial charge in [-0.1, -0.05) is 31.5 Å². The quantitative estimate of drug-likeness (QED) is 0.301. The molecule has 0 bridgehead atoms. The number of para-hydroxylation sites is 1. The lowest BCUT2D eigenvalue weighted by Crippen LogP contribution is -2.36. The summed E-state index contributed by atoms with van der Waals surface area (Å²) >= 11 is 0. The first-order valence-corrected chi connectivity index (χ1v) is 12.7. The summed E-state index contributed by atoms with van der Waals surface area (Å²) in [6.45, 7) is 5.27. The number of aromatic amines is 2. The molecule has 4 heterocycles. The third-order valence-corrected chi connectivity index (χ3v) is 6.79. The molecule has 9 nitrogen and oxygen atoms in total. The Balaban J connectivity index is 1.48. The Morgan fingerprint density at radius 1 is 1.03 bits per heavy atom. The van der Waals surface area contributed by atoms with Gasteiger partial charge in [-0.15, -0.1) is 0 Å². The van der Waals surface area contributed by atoms with Crippen LogP contribution in [0.15, 0.2) is 65.7 Å². The molecule has 9 heteroatoms. The van der Waals surface area contributed by atoms with Gasteiger partial charge in [-0.05, 0) is 36.8 Å². The predicted molar refractivity (Wildman–Crippen MR) is 146 cm³/mol. The third-order valence-electron chi connectivity index (χ3n) is 6.79. The number of H-pyrrole nitrogens is 2. The summed E-state index contributed by atoms with van der Waals surface area (Å²) in [7, 11) is 0. The Morgan fingerprint density at radius 2 is 1.84 bits per heavy atom. The van der Waals surface area contributed by atoms with Crippen molar-refractivity contribution in [2.75, 3.05) is 36.5 Å². The van der Waals surface area contributed by atoms with E-state index >= 15 is 0 Å². The second-order valence-corrected chi connectivity index (χ2v) is 9.23. The maximum absolute atomic E-state index is 13.5. The highest BCUT2D eigenvalue weighted by Gasteiger charge is 2.22. The molecule has 1 aliphatic rings. The highest BCUT2D eigenvalue weighted by Crippen LogP contribution is 2.34. The molecule has 6 rings (SSSR count). The molecule has 3 N–H and O–H groups in total. The molecule has 2 aromatic carbocycles. The second kappa shape index (κ2) is 10.0. The predicted octanol–water partition coefficient (Wildman–Crippen LogP) is 4.65. The molecule has 1 atom stereocenters. The van der Waals surface area contributed by atoms with E-state index in [2.05, 4.69) is 49.2 Å². The SMILES string of the molecule is CCC[C@@H](Nc1c(-c2nc3ccc(N4CCOCC4)cc3[nH]2)c(=O)[nH]c2ccccc12)c1ncccn1. The zero-order valence-corrected chi connectivity index (χ0v) is 20.7. The second-order valence-electron chi connectivity index (χ2n) is 9.23. The summed E-state index contributed by atoms with van der Waals surface area (Å²) in [6.07, 6.45) is 5.23. The van der Waals surface area contributed by atoms with Gasteiger partial charge in [-0.3, -0.25) is 4.79 Å². The van der Waals surface area contributed by atoms with Crippen LogP contribution in [0.3, 0.4) is 0 Å². The number of nitrogens with zero attached hydrogens (tertiary/aromatic N) is 4. The van der Waals surface area contributed by atoms with E-state index in [4.69, 9.17) is 9.72 Å². The number of anilines is 2. The molecule has 1 saturated heterocycles. The average molecular weight is 496 g/mol. The molecule has 0 spiro atoms. The number of aromatic nitrogens is 5. The zero-order chi connectivity index (χ0) is 25.2. The Labute approximate surface area is 213 Å². The Morgan fingerprint density at radius 3 is 2.65 bits per heavy atom. The monoisotopic (exact) mass is 495 g/mol. The summed E-state index contributed by atoms with van der Waals surface area (Å²) in [5.74, 6) is 1.22. The van der Waals surface area contributed by atoms with Crippen molar-refractivity contribution in [2.24, 2.45) is 0 Å². The fraction of sp³-hybridized carbons (Fsp3) is 0.286. The van der Waals surface area contributed by atoms with E-state index < -0.39 is 0 Å². The summed E-state index contributed by atoms with van der Waals surface area (Å²) in [4.78, 5) is 36.1. The van der Waals surface area contributed by atoms with Gasteiger partial charge in [0.1, 0.15) is 17.2 Å². The first-order chi connectivity index (χ1) is 18.2. The van der Waals surface area contributed by atoms with Crippen LogP contribution < -0.4 is 15.8 Å². The van der Waals surface area contributed by atoms with Gasteiger partial charge in [-0.2, -0.15) is 0 Å². The van der Waals surface area contributed by atoms with Crippen molar-refractivity contribution in [3.63, 3.8) is 0 Å². The van der Waals surface area contributed by atoms with Crippen LogP contribution in [0.4, 0.5) is 11.4 Å². The van der Waals surface area contributed by atoms with Gasteiger partial charge in [0.2, 0.25) is 0 Å². The number of hydrogen-bond donors (Lipinski definition) is 3. The van der Waals surface area contributed by atoms with E-state index in [1.165, 1.54) is 0 Å². The van der Waals surface area contributed by atoms with Gasteiger partial charge < -0.3 is 24.9 Å². The van der Waals surface area contributed by atoms with Crippen LogP contribution >= 0.6 is 0 Å². The van der Waals surface area contributed by atoms with Crippen LogP contribution in [0.1, 0.15) is 31.6 Å². The fourth-order valence-corrected chi connectivity index (χ4v) is 4.97. The third kappa shape index (κ3) is 4.53. The molecule has 0 amide bonds. The largest absolute Gasteiger partial charge is 0.378 e. The van der Waals surface area contributed by atoms with Crippen LogP contribution in [-0.4, -0.2) is 51.2 Å². The van der Waals surface area contributed by atoms with Crippen molar-refractivity contribution in [3.05, 3.63) is 77.1 Å². The number of benzene rings is 2. The molecule has 1 aliphatic heterocycles. The standard InChI is InChI=1S/C28H29N7O2/c1-2-6-22(26-29-11-5-12-30-26)31-25-19-7-3-4-8-20(19)34-28(36)24(25)27-32-21-10-9-18(17-23(21)33-27)35-13-15-37-16-14-35/h3-5,7-12,17,22H,2,6,13-16H2,1H3,(H,32,33)(H2,31,34,36)/t22-/m1/s1. The van der Waals surface area contributed by atoms with Gasteiger partial charge in [0.15, 0.2) is 0 Å². The first-order valence-electron chi connectivity index (χ1n) is 12.7. The van der Waals surface area contributed by atoms with Crippen molar-refractivity contribution in [1.29, 1.82) is 0 Å². The number of pyridine rings is 1. The van der Waals surface area contributed by atoms with Gasteiger partial charge in [0, 0.05) is 36.6 Å². The number of rotatable bonds is 7. The topological polar surface area (TPSA) is 112 Å². The minimum absolute atomic E-state index is 0.160. The lowest BCUT2D eigenvalue weighted by Gasteiger charge is -2.28. The van der Waals surface area contributed by atoms with Gasteiger partial charge in [0.05, 0.1) is 41.5 Å². The molecule has 0 unspecified atom stereocenters. The minimum atomic E-state index is -0.210. The smallest absolute Gasteiger partial charge is 0.261 e. The highest BCUT2D eigenvalue weighted by molar-refractivity contribution is 5.99. The zero-order valence-electron chi connectivity index (χ0n) is 20.7. The van der Waals surface area contributed by atoms with E-state index in [0.29, 0.717) is 17.2 Å². The molecular weight excluding hydrogens is 466 g/mol. The average Bonchev–Trinajstić information content (AvgIpc) is 3.36. The summed E-state index contributed by atoms with van der Waals surface area (Å²) in [6, 6.07) is 15.6. The number of ether oxygens (including phenoxy) is 1. The van der Waals surface area contributed by atoms with Crippen LogP contribution in [0.25, 0.3) is 33.3 Å². The normalized spacial score (nSPS) is 14.8. The van der Waals surface area contributed by atoms with Crippen LogP contribution in [-0.2, 0) is 4.74 Å². The Bertz CT molecular complexity index is 1590. The molecule has 3 aromatic heterocycles. The molecule has 0 saturated carbocycles. The van der Waals surface area contributed by atoms with Crippen molar-refractivity contribution < 1.29 is 4.74 Å². The van der Waals surface area contributed by atoms with Crippen LogP contribution in [0, 0.1) is 0 Å². The number of nitrogens with one attached hydrogen (secondary N) is 3. The molecule has 188 valence electrons. The number of hydrogen-bond acceptors (Lipinski definition) is 7. The van der Waals surface area contributed by atoms with Crippen molar-refractivity contribution in [2.45, 2.75) is 25.8 Å². The van der Waals surface area contributed by atoms with E-state index in [1.807, 2.05) is 30.3 Å². The van der Waals surface area contributed by atoms with Gasteiger partial charge in [0.25, 0.3) is 5.56 Å². The van der Waals surface area contributed by atoms with Gasteiger partial charge in [-0.25, -0.2) is 15.0 Å². The maximum atomic E-state index is 13.5. The van der Waals surface area contributed by atoms with Crippen LogP contribution in [0.5, 0.6) is 0 Å². The van der Waals surface area contributed by atoms with Crippen molar-refractivity contribution >= 4 is 33.3 Å². The van der Waals surface area contributed by atoms with Crippen LogP contribution in [0.2, 0.25) is 0 Å². The van der Waals surface area contributed by atoms with E-state index in [1.54, 1.807) is 18.5 Å². The summed E-state index contributed by atoms with van der Waals surface area (Å²) < 4.78 is 5.50. The first kappa shape index (κ1) is 23.2. The number of morpholine rings is 1. The fourth-order valence-electron chi connectivity index (χ4n) is 4.97. The summed E-state index contributed by atoms with van der Waals surface area (Å²) in [5, 5.41) is 4.53. The Kier molecular flexibility index (Phi) is 6.28. The van der Waals surface area contributed by atoms with E-state index in [0.717, 1.165) is 72.5 Å². The minimum Gasteiger partial charge on any atom is -0.378 e. The van der Waals surface area contributed by atoms with Crippen molar-refractivity contribution in [3.8, 4) is 11.4 Å². The van der Waals surface area contributed by atoms with Crippen molar-refractivity contribution in [1.82, 2.24) is 24.9 Å². The number of fused-ring (bicyclic) bond motifs is 2. The van der Waals surface area contributed by atoms with Gasteiger partial charge >= 0.3 is 0 Å². The lowest BCUT2D eigenvalue weighted by atomic mass is 10.1. The molecule has 1 fully saturated rings. The lowest BCUT2D eigenvalue weighted by molar-refractivity contribution is 0.122. The molecule has 37 heavy (non-hydrogen) atoms. The highest BCUT2D eigenvalue weighted by atomic mass is 16.5. The molecule has 0 aliphatic carbocycles. The van der Waals surface area contributed by atoms with E-state index in [9.17, 15) is 4.79 Å². The van der Waals surface area contributed by atoms with E-state index in [-0.39, 0.29) is 11.6 Å². The maximum Gasteiger partial charge on any atom is 0.261 e.